The Morgan fingerprint density at radius 1 is 1.05 bits per heavy atom. The number of nitrogens with zero attached hydrogens (tertiary/aromatic N) is 1. The van der Waals surface area contributed by atoms with Crippen molar-refractivity contribution in [3.8, 4) is 0 Å². The molecule has 0 bridgehead atoms. The van der Waals surface area contributed by atoms with E-state index < -0.39 is 0 Å². The smallest absolute Gasteiger partial charge is 0.255 e. The van der Waals surface area contributed by atoms with Crippen LogP contribution in [0.5, 0.6) is 0 Å². The maximum atomic E-state index is 12.2. The summed E-state index contributed by atoms with van der Waals surface area (Å²) >= 11 is 5.90. The second-order valence-corrected chi connectivity index (χ2v) is 4.78. The van der Waals surface area contributed by atoms with Gasteiger partial charge < -0.3 is 5.32 Å². The van der Waals surface area contributed by atoms with Crippen molar-refractivity contribution >= 4 is 34.1 Å². The van der Waals surface area contributed by atoms with E-state index in [0.29, 0.717) is 10.6 Å². The number of anilines is 1. The van der Waals surface area contributed by atoms with Crippen molar-refractivity contribution in [1.29, 1.82) is 0 Å². The van der Waals surface area contributed by atoms with Crippen LogP contribution < -0.4 is 5.32 Å². The number of hydrogen-bond donors (Lipinski definition) is 1. The van der Waals surface area contributed by atoms with E-state index in [1.54, 1.807) is 36.5 Å². The number of halogens is 1. The molecule has 0 radical (unpaired) electrons. The van der Waals surface area contributed by atoms with E-state index in [9.17, 15) is 4.79 Å². The molecule has 3 nitrogen and oxygen atoms in total. The zero-order chi connectivity index (χ0) is 13.9. The van der Waals surface area contributed by atoms with Crippen LogP contribution in [0.25, 0.3) is 10.9 Å². The number of carbonyl (C=O) groups is 1. The summed E-state index contributed by atoms with van der Waals surface area (Å²) in [5.74, 6) is -0.191. The van der Waals surface area contributed by atoms with Gasteiger partial charge in [-0.2, -0.15) is 0 Å². The minimum absolute atomic E-state index is 0.191. The topological polar surface area (TPSA) is 42.0 Å². The van der Waals surface area contributed by atoms with Gasteiger partial charge in [0, 0.05) is 22.2 Å². The van der Waals surface area contributed by atoms with Gasteiger partial charge in [0.05, 0.1) is 11.2 Å². The molecule has 98 valence electrons. The number of carbonyl (C=O) groups excluding carboxylic acids is 1. The van der Waals surface area contributed by atoms with Gasteiger partial charge in [0.2, 0.25) is 0 Å². The molecule has 0 aliphatic heterocycles. The van der Waals surface area contributed by atoms with Crippen LogP contribution in [0, 0.1) is 0 Å². The molecular formula is C16H11ClN2O. The van der Waals surface area contributed by atoms with E-state index in [1.165, 1.54) is 0 Å². The monoisotopic (exact) mass is 282 g/mol. The second-order valence-electron chi connectivity index (χ2n) is 4.34. The molecule has 1 heterocycles. The maximum absolute atomic E-state index is 12.2. The van der Waals surface area contributed by atoms with Gasteiger partial charge in [0.1, 0.15) is 0 Å². The fourth-order valence-corrected chi connectivity index (χ4v) is 2.22. The Morgan fingerprint density at radius 3 is 2.75 bits per heavy atom. The van der Waals surface area contributed by atoms with Gasteiger partial charge >= 0.3 is 0 Å². The Bertz CT molecular complexity index is 781. The summed E-state index contributed by atoms with van der Waals surface area (Å²) in [5, 5.41) is 4.34. The number of fused-ring (bicyclic) bond motifs is 1. The lowest BCUT2D eigenvalue weighted by Gasteiger charge is -2.08. The summed E-state index contributed by atoms with van der Waals surface area (Å²) in [7, 11) is 0. The van der Waals surface area contributed by atoms with E-state index in [2.05, 4.69) is 10.3 Å². The lowest BCUT2D eigenvalue weighted by Crippen LogP contribution is -2.12. The summed E-state index contributed by atoms with van der Waals surface area (Å²) in [6.45, 7) is 0. The number of para-hydroxylation sites is 1. The largest absolute Gasteiger partial charge is 0.321 e. The second kappa shape index (κ2) is 5.31. The van der Waals surface area contributed by atoms with Gasteiger partial charge in [-0.05, 0) is 30.3 Å². The molecule has 3 rings (SSSR count). The molecule has 2 aromatic carbocycles. The molecule has 1 aromatic heterocycles. The third-order valence-corrected chi connectivity index (χ3v) is 3.22. The number of amides is 1. The van der Waals surface area contributed by atoms with Crippen LogP contribution in [0.4, 0.5) is 5.69 Å². The van der Waals surface area contributed by atoms with E-state index in [-0.39, 0.29) is 5.91 Å². The van der Waals surface area contributed by atoms with E-state index in [1.807, 2.05) is 24.3 Å². The quantitative estimate of drug-likeness (QED) is 0.767. The molecule has 1 N–H and O–H groups in total. The molecule has 4 heteroatoms. The molecule has 3 aromatic rings. The number of aromatic nitrogens is 1. The average molecular weight is 283 g/mol. The summed E-state index contributed by atoms with van der Waals surface area (Å²) in [6, 6.07) is 16.3. The summed E-state index contributed by atoms with van der Waals surface area (Å²) in [5.41, 5.74) is 2.11. The van der Waals surface area contributed by atoms with Crippen molar-refractivity contribution in [2.45, 2.75) is 0 Å². The number of hydrogen-bond acceptors (Lipinski definition) is 2. The van der Waals surface area contributed by atoms with Crippen molar-refractivity contribution in [2.75, 3.05) is 5.32 Å². The van der Waals surface area contributed by atoms with Crippen molar-refractivity contribution in [3.63, 3.8) is 0 Å². The van der Waals surface area contributed by atoms with E-state index in [4.69, 9.17) is 11.6 Å². The van der Waals surface area contributed by atoms with Gasteiger partial charge in [0.15, 0.2) is 0 Å². The molecule has 0 saturated carbocycles. The fourth-order valence-electron chi connectivity index (χ4n) is 2.03. The molecule has 0 fully saturated rings. The lowest BCUT2D eigenvalue weighted by molar-refractivity contribution is 0.102. The third kappa shape index (κ3) is 2.49. The predicted octanol–water partition coefficient (Wildman–Crippen LogP) is 4.14. The minimum atomic E-state index is -0.191. The molecule has 0 saturated heterocycles. The summed E-state index contributed by atoms with van der Waals surface area (Å²) < 4.78 is 0. The zero-order valence-electron chi connectivity index (χ0n) is 10.5. The third-order valence-electron chi connectivity index (χ3n) is 2.98. The van der Waals surface area contributed by atoms with E-state index in [0.717, 1.165) is 16.6 Å². The molecule has 0 aliphatic carbocycles. The summed E-state index contributed by atoms with van der Waals surface area (Å²) in [6.07, 6.45) is 1.68. The van der Waals surface area contributed by atoms with Crippen LogP contribution in [-0.4, -0.2) is 10.9 Å². The Balaban J connectivity index is 1.95. The normalized spacial score (nSPS) is 10.4. The first-order chi connectivity index (χ1) is 9.74. The Morgan fingerprint density at radius 2 is 1.90 bits per heavy atom. The minimum Gasteiger partial charge on any atom is -0.321 e. The SMILES string of the molecule is O=C(Nc1ccnc2ccccc12)c1cccc(Cl)c1. The van der Waals surface area contributed by atoms with Gasteiger partial charge in [-0.15, -0.1) is 0 Å². The molecule has 0 atom stereocenters. The van der Waals surface area contributed by atoms with Crippen LogP contribution in [0.2, 0.25) is 5.02 Å². The number of rotatable bonds is 2. The Labute approximate surface area is 121 Å². The van der Waals surface area contributed by atoms with Crippen molar-refractivity contribution in [3.05, 3.63) is 71.4 Å². The first-order valence-electron chi connectivity index (χ1n) is 6.15. The van der Waals surface area contributed by atoms with E-state index >= 15 is 0 Å². The highest BCUT2D eigenvalue weighted by Crippen LogP contribution is 2.22. The van der Waals surface area contributed by atoms with Crippen molar-refractivity contribution in [1.82, 2.24) is 4.98 Å². The highest BCUT2D eigenvalue weighted by molar-refractivity contribution is 6.31. The molecule has 1 amide bonds. The van der Waals surface area contributed by atoms with Crippen LogP contribution in [0.1, 0.15) is 10.4 Å². The number of benzene rings is 2. The molecule has 0 aliphatic rings. The Hall–Kier alpha value is -2.39. The molecule has 20 heavy (non-hydrogen) atoms. The van der Waals surface area contributed by atoms with Gasteiger partial charge in [-0.25, -0.2) is 0 Å². The molecule has 0 unspecified atom stereocenters. The van der Waals surface area contributed by atoms with Crippen molar-refractivity contribution < 1.29 is 4.79 Å². The van der Waals surface area contributed by atoms with Gasteiger partial charge in [-0.1, -0.05) is 35.9 Å². The van der Waals surface area contributed by atoms with Gasteiger partial charge in [-0.3, -0.25) is 9.78 Å². The van der Waals surface area contributed by atoms with Gasteiger partial charge in [0.25, 0.3) is 5.91 Å². The van der Waals surface area contributed by atoms with Crippen LogP contribution in [0.15, 0.2) is 60.8 Å². The van der Waals surface area contributed by atoms with Crippen LogP contribution in [-0.2, 0) is 0 Å². The average Bonchev–Trinajstić information content (AvgIpc) is 2.47. The highest BCUT2D eigenvalue weighted by atomic mass is 35.5. The Kier molecular flexibility index (Phi) is 3.35. The number of nitrogens with one attached hydrogen (secondary N) is 1. The lowest BCUT2D eigenvalue weighted by atomic mass is 10.1. The van der Waals surface area contributed by atoms with Crippen LogP contribution >= 0.6 is 11.6 Å². The summed E-state index contributed by atoms with van der Waals surface area (Å²) in [4.78, 5) is 16.5. The zero-order valence-corrected chi connectivity index (χ0v) is 11.3. The maximum Gasteiger partial charge on any atom is 0.255 e. The first kappa shape index (κ1) is 12.6. The fraction of sp³-hybridized carbons (Fsp3) is 0. The molecular weight excluding hydrogens is 272 g/mol. The standard InChI is InChI=1S/C16H11ClN2O/c17-12-5-3-4-11(10-12)16(20)19-15-8-9-18-14-7-2-1-6-13(14)15/h1-10H,(H,18,19,20). The molecule has 0 spiro atoms. The first-order valence-corrected chi connectivity index (χ1v) is 6.52. The van der Waals surface area contributed by atoms with Crippen molar-refractivity contribution in [2.24, 2.45) is 0 Å². The predicted molar refractivity (Wildman–Crippen MR) is 81.1 cm³/mol. The number of pyridine rings is 1. The highest BCUT2D eigenvalue weighted by Gasteiger charge is 2.08. The van der Waals surface area contributed by atoms with Crippen LogP contribution in [0.3, 0.4) is 0 Å².